The van der Waals surface area contributed by atoms with Gasteiger partial charge in [0.2, 0.25) is 0 Å². The molecule has 0 aliphatic carbocycles. The number of hydrogen-bond acceptors (Lipinski definition) is 2. The van der Waals surface area contributed by atoms with Crippen molar-refractivity contribution in [1.82, 2.24) is 4.90 Å². The summed E-state index contributed by atoms with van der Waals surface area (Å²) in [6, 6.07) is 19.7. The van der Waals surface area contributed by atoms with Crippen LogP contribution in [-0.2, 0) is 6.54 Å². The molecule has 0 amide bonds. The fraction of sp³-hybridized carbons (Fsp3) is 0.280. The van der Waals surface area contributed by atoms with Crippen molar-refractivity contribution in [1.29, 1.82) is 0 Å². The van der Waals surface area contributed by atoms with Crippen LogP contribution >= 0.6 is 11.6 Å². The zero-order chi connectivity index (χ0) is 27.4. The number of rotatable bonds is 5. The highest BCUT2D eigenvalue weighted by Gasteiger charge is 2.31. The summed E-state index contributed by atoms with van der Waals surface area (Å²) in [6.07, 6.45) is 0. The number of hydrogen-bond donors (Lipinski definition) is 0. The Kier molecular flexibility index (Phi) is 3.74. The van der Waals surface area contributed by atoms with Crippen molar-refractivity contribution < 1.29 is 15.6 Å². The predicted molar refractivity (Wildman–Crippen MR) is 120 cm³/mol. The van der Waals surface area contributed by atoms with Gasteiger partial charge >= 0.3 is 0 Å². The third-order valence-electron chi connectivity index (χ3n) is 4.75. The van der Waals surface area contributed by atoms with Crippen LogP contribution in [0.2, 0.25) is 5.02 Å². The van der Waals surface area contributed by atoms with Crippen molar-refractivity contribution >= 4 is 11.6 Å². The molecule has 0 saturated carbocycles. The average Bonchev–Trinajstić information content (AvgIpc) is 2.82. The molecule has 3 aromatic rings. The Morgan fingerprint density at radius 3 is 2.28 bits per heavy atom. The van der Waals surface area contributed by atoms with E-state index in [1.54, 1.807) is 67.6 Å². The van der Waals surface area contributed by atoms with E-state index in [0.29, 0.717) is 21.0 Å². The van der Waals surface area contributed by atoms with Gasteiger partial charge < -0.3 is 9.85 Å². The first-order valence-corrected chi connectivity index (χ1v) is 9.70. The molecule has 0 aromatic heterocycles. The lowest BCUT2D eigenvalue weighted by atomic mass is 9.96. The van der Waals surface area contributed by atoms with Crippen LogP contribution < -0.4 is 0 Å². The van der Waals surface area contributed by atoms with Gasteiger partial charge in [0, 0.05) is 29.1 Å². The minimum atomic E-state index is -3.43. The molecule has 1 heterocycles. The number of nitrogens with zero attached hydrogens (tertiary/aromatic N) is 2. The molecule has 150 valence electrons. The number of aryl methyl sites for hydroxylation is 1. The highest BCUT2D eigenvalue weighted by molar-refractivity contribution is 6.30. The zero-order valence-corrected chi connectivity index (χ0v) is 16.7. The molecule has 1 fully saturated rings. The summed E-state index contributed by atoms with van der Waals surface area (Å²) in [4.78, 5) is 0.531. The molecule has 4 rings (SSSR count). The molecule has 1 atom stereocenters. The largest absolute Gasteiger partial charge is 0.632 e. The monoisotopic (exact) mass is 414 g/mol. The van der Waals surface area contributed by atoms with Crippen LogP contribution in [0.3, 0.4) is 0 Å². The van der Waals surface area contributed by atoms with Gasteiger partial charge in [-0.3, -0.25) is 4.90 Å². The first-order valence-electron chi connectivity index (χ1n) is 13.3. The van der Waals surface area contributed by atoms with E-state index in [4.69, 9.17) is 22.6 Å². The van der Waals surface area contributed by atoms with E-state index in [9.17, 15) is 5.21 Å². The summed E-state index contributed by atoms with van der Waals surface area (Å²) in [6.45, 7) is -12.4. The lowest BCUT2D eigenvalue weighted by Crippen LogP contribution is -2.56. The van der Waals surface area contributed by atoms with Crippen LogP contribution in [0.5, 0.6) is 0 Å². The molecule has 3 nitrogen and oxygen atoms in total. The quantitative estimate of drug-likeness (QED) is 0.403. The van der Waals surface area contributed by atoms with Crippen molar-refractivity contribution in [3.05, 3.63) is 111 Å². The van der Waals surface area contributed by atoms with Gasteiger partial charge in [-0.2, -0.15) is 0 Å². The average molecular weight is 415 g/mol. The van der Waals surface area contributed by atoms with E-state index in [1.165, 1.54) is 18.2 Å². The summed E-state index contributed by atoms with van der Waals surface area (Å²) >= 11 is 6.05. The third kappa shape index (κ3) is 4.88. The van der Waals surface area contributed by atoms with Gasteiger partial charge in [0.05, 0.1) is 24.5 Å². The Hall–Kier alpha value is -2.17. The van der Waals surface area contributed by atoms with Gasteiger partial charge in [0.1, 0.15) is 6.54 Å². The van der Waals surface area contributed by atoms with Crippen molar-refractivity contribution in [2.45, 2.75) is 19.5 Å². The van der Waals surface area contributed by atoms with Crippen molar-refractivity contribution in [3.63, 3.8) is 0 Å². The van der Waals surface area contributed by atoms with E-state index < -0.39 is 43.2 Å². The molecular formula is C25H27ClN2O. The maximum atomic E-state index is 14.3. The number of quaternary nitrogens is 1. The first kappa shape index (κ1) is 12.5. The van der Waals surface area contributed by atoms with Gasteiger partial charge in [-0.05, 0) is 30.2 Å². The minimum absolute atomic E-state index is 0.278. The molecule has 1 aliphatic heterocycles. The Bertz CT molecular complexity index is 1240. The highest BCUT2D eigenvalue weighted by Crippen LogP contribution is 2.31. The molecule has 29 heavy (non-hydrogen) atoms. The lowest BCUT2D eigenvalue weighted by Gasteiger charge is -2.50. The van der Waals surface area contributed by atoms with E-state index in [2.05, 4.69) is 0 Å². The Morgan fingerprint density at radius 2 is 1.62 bits per heavy atom. The summed E-state index contributed by atoms with van der Waals surface area (Å²) in [5, 5.41) is 14.7. The van der Waals surface area contributed by atoms with Crippen molar-refractivity contribution in [2.75, 3.05) is 26.0 Å². The molecule has 3 aromatic carbocycles. The van der Waals surface area contributed by atoms with E-state index in [0.717, 1.165) is 5.56 Å². The standard InChI is InChI=1S/C25H27ClN2O/c1-20-6-5-7-21(18-20)19-28(29)16-14-27(15-17-28)25(22-8-3-2-4-9-22)23-10-12-24(26)13-11-23/h2-13,18,25H,14-17,19H2,1H3/i14D2,15D2,16D2,17D2. The molecule has 0 bridgehead atoms. The number of hydroxylamine groups is 3. The molecule has 1 unspecified atom stereocenters. The summed E-state index contributed by atoms with van der Waals surface area (Å²) in [5.41, 5.74) is 1.79. The fourth-order valence-electron chi connectivity index (χ4n) is 3.37. The topological polar surface area (TPSA) is 26.3 Å². The molecule has 1 saturated heterocycles. The van der Waals surface area contributed by atoms with Crippen LogP contribution in [0.1, 0.15) is 39.3 Å². The van der Waals surface area contributed by atoms with Gasteiger partial charge in [-0.1, -0.05) is 83.9 Å². The van der Waals surface area contributed by atoms with Crippen LogP contribution in [0.25, 0.3) is 0 Å². The molecular weight excluding hydrogens is 380 g/mol. The molecule has 4 heteroatoms. The summed E-state index contributed by atoms with van der Waals surface area (Å²) in [5.74, 6) is 0. The number of benzene rings is 3. The summed E-state index contributed by atoms with van der Waals surface area (Å²) in [7, 11) is 0. The second-order valence-corrected chi connectivity index (χ2v) is 7.51. The van der Waals surface area contributed by atoms with Crippen LogP contribution in [-0.4, -0.2) is 35.5 Å². The molecule has 0 spiro atoms. The molecule has 0 radical (unpaired) electrons. The van der Waals surface area contributed by atoms with Gasteiger partial charge in [0.15, 0.2) is 0 Å². The van der Waals surface area contributed by atoms with Crippen molar-refractivity contribution in [3.8, 4) is 0 Å². The Morgan fingerprint density at radius 1 is 0.966 bits per heavy atom. The van der Waals surface area contributed by atoms with Gasteiger partial charge in [-0.25, -0.2) is 0 Å². The maximum Gasteiger partial charge on any atom is 0.104 e. The smallest absolute Gasteiger partial charge is 0.104 e. The van der Waals surface area contributed by atoms with Crippen LogP contribution in [0, 0.1) is 12.1 Å². The van der Waals surface area contributed by atoms with Crippen LogP contribution in [0.4, 0.5) is 0 Å². The Balaban J connectivity index is 1.96. The number of halogens is 1. The Labute approximate surface area is 189 Å². The minimum Gasteiger partial charge on any atom is -0.632 e. The van der Waals surface area contributed by atoms with E-state index in [-0.39, 0.29) is 5.56 Å². The van der Waals surface area contributed by atoms with Crippen LogP contribution in [0.15, 0.2) is 78.9 Å². The van der Waals surface area contributed by atoms with Gasteiger partial charge in [-0.15, -0.1) is 0 Å². The predicted octanol–water partition coefficient (Wildman–Crippen LogP) is 5.57. The third-order valence-corrected chi connectivity index (χ3v) is 5.00. The second kappa shape index (κ2) is 8.68. The second-order valence-electron chi connectivity index (χ2n) is 7.07. The van der Waals surface area contributed by atoms with Gasteiger partial charge in [0.25, 0.3) is 0 Å². The van der Waals surface area contributed by atoms with Crippen molar-refractivity contribution in [2.24, 2.45) is 0 Å². The molecule has 1 aliphatic rings. The normalized spacial score (nSPS) is 28.8. The zero-order valence-electron chi connectivity index (χ0n) is 24.0. The van der Waals surface area contributed by atoms with E-state index in [1.807, 2.05) is 0 Å². The van der Waals surface area contributed by atoms with E-state index >= 15 is 0 Å². The highest BCUT2D eigenvalue weighted by atomic mass is 35.5. The first-order chi connectivity index (χ1) is 17.1. The maximum absolute atomic E-state index is 14.3. The fourth-order valence-corrected chi connectivity index (χ4v) is 3.50. The SMILES string of the molecule is [2H]C1([2H])N(C(c2ccccc2)c2ccc(Cl)cc2)C([2H])([2H])C([2H])([2H])[N+]([O-])(Cc2cccc(C)c2)C1([2H])[2H]. The summed E-state index contributed by atoms with van der Waals surface area (Å²) < 4.78 is 68.4. The molecule has 0 N–H and O–H groups in total. The lowest BCUT2D eigenvalue weighted by molar-refractivity contribution is -0.898. The number of piperazine rings is 1.